The summed E-state index contributed by atoms with van der Waals surface area (Å²) in [4.78, 5) is 40.7. The number of anilines is 1. The van der Waals surface area contributed by atoms with E-state index < -0.39 is 29.6 Å². The Hall–Kier alpha value is -3.79. The van der Waals surface area contributed by atoms with Gasteiger partial charge in [-0.3, -0.25) is 30.6 Å². The van der Waals surface area contributed by atoms with E-state index in [0.29, 0.717) is 11.4 Å². The molecule has 0 aliphatic heterocycles. The minimum Gasteiger partial charge on any atom is -0.481 e. The summed E-state index contributed by atoms with van der Waals surface area (Å²) in [6, 6.07) is 11.2. The summed E-state index contributed by atoms with van der Waals surface area (Å²) in [5.74, 6) is -1.70. The number of benzene rings is 2. The van der Waals surface area contributed by atoms with Gasteiger partial charge < -0.3 is 4.74 Å². The molecule has 0 fully saturated rings. The van der Waals surface area contributed by atoms with E-state index >= 15 is 0 Å². The molecule has 2 aromatic carbocycles. The number of carbonyl (C=O) groups is 3. The Labute approximate surface area is 194 Å². The lowest BCUT2D eigenvalue weighted by Gasteiger charge is -2.17. The second kappa shape index (κ2) is 10.7. The van der Waals surface area contributed by atoms with Gasteiger partial charge in [-0.15, -0.1) is 11.3 Å². The summed E-state index contributed by atoms with van der Waals surface area (Å²) < 4.78 is 19.4. The van der Waals surface area contributed by atoms with Gasteiger partial charge in [-0.2, -0.15) is 0 Å². The molecule has 0 bridgehead atoms. The summed E-state index contributed by atoms with van der Waals surface area (Å²) in [7, 11) is 0. The molecule has 0 aliphatic rings. The zero-order valence-corrected chi connectivity index (χ0v) is 19.1. The SMILES string of the molecule is Cc1cccc(OC(C)C(=O)NNC(=O)Cc2csc(NC(=O)c3ccccc3F)n2)c1C. The van der Waals surface area contributed by atoms with Crippen LogP contribution in [0.15, 0.2) is 47.8 Å². The van der Waals surface area contributed by atoms with Gasteiger partial charge >= 0.3 is 0 Å². The van der Waals surface area contributed by atoms with Crippen LogP contribution in [0.4, 0.5) is 9.52 Å². The minimum atomic E-state index is -0.828. The molecule has 0 radical (unpaired) electrons. The Bertz CT molecular complexity index is 1180. The minimum absolute atomic E-state index is 0.105. The van der Waals surface area contributed by atoms with Crippen molar-refractivity contribution in [2.24, 2.45) is 0 Å². The van der Waals surface area contributed by atoms with E-state index in [-0.39, 0.29) is 17.1 Å². The number of hydrogen-bond donors (Lipinski definition) is 3. The van der Waals surface area contributed by atoms with Crippen LogP contribution in [0.2, 0.25) is 0 Å². The maximum absolute atomic E-state index is 13.7. The van der Waals surface area contributed by atoms with Gasteiger partial charge in [0.15, 0.2) is 11.2 Å². The highest BCUT2D eigenvalue weighted by atomic mass is 32.1. The number of nitrogens with zero attached hydrogens (tertiary/aromatic N) is 1. The molecule has 1 unspecified atom stereocenters. The van der Waals surface area contributed by atoms with Crippen LogP contribution in [0.1, 0.15) is 34.1 Å². The molecule has 1 aromatic heterocycles. The van der Waals surface area contributed by atoms with E-state index in [0.717, 1.165) is 22.5 Å². The van der Waals surface area contributed by atoms with Crippen molar-refractivity contribution in [2.45, 2.75) is 33.3 Å². The summed E-state index contributed by atoms with van der Waals surface area (Å²) in [6.45, 7) is 5.43. The first kappa shape index (κ1) is 23.9. The largest absolute Gasteiger partial charge is 0.481 e. The van der Waals surface area contributed by atoms with Gasteiger partial charge in [0, 0.05) is 5.38 Å². The predicted octanol–water partition coefficient (Wildman–Crippen LogP) is 3.31. The van der Waals surface area contributed by atoms with E-state index in [4.69, 9.17) is 4.74 Å². The zero-order chi connectivity index (χ0) is 24.0. The molecule has 0 saturated carbocycles. The molecule has 10 heteroatoms. The van der Waals surface area contributed by atoms with Crippen molar-refractivity contribution >= 4 is 34.2 Å². The quantitative estimate of drug-likeness (QED) is 0.459. The van der Waals surface area contributed by atoms with Gasteiger partial charge in [0.25, 0.3) is 11.8 Å². The van der Waals surface area contributed by atoms with Gasteiger partial charge in [0.05, 0.1) is 17.7 Å². The van der Waals surface area contributed by atoms with Crippen LogP contribution in [0.25, 0.3) is 0 Å². The third-order valence-electron chi connectivity index (χ3n) is 4.79. The summed E-state index contributed by atoms with van der Waals surface area (Å²) in [5, 5.41) is 4.32. The Morgan fingerprint density at radius 2 is 1.85 bits per heavy atom. The smallest absolute Gasteiger partial charge is 0.279 e. The molecule has 3 amide bonds. The van der Waals surface area contributed by atoms with Gasteiger partial charge in [-0.1, -0.05) is 24.3 Å². The fourth-order valence-corrected chi connectivity index (χ4v) is 3.50. The number of ether oxygens (including phenoxy) is 1. The van der Waals surface area contributed by atoms with Crippen molar-refractivity contribution in [3.05, 3.63) is 76.0 Å². The van der Waals surface area contributed by atoms with E-state index in [1.54, 1.807) is 24.4 Å². The number of hydrogen-bond acceptors (Lipinski definition) is 6. The highest BCUT2D eigenvalue weighted by Gasteiger charge is 2.18. The van der Waals surface area contributed by atoms with Crippen molar-refractivity contribution in [1.29, 1.82) is 0 Å². The fourth-order valence-electron chi connectivity index (χ4n) is 2.79. The number of rotatable bonds is 7. The average molecular weight is 471 g/mol. The molecule has 8 nitrogen and oxygen atoms in total. The van der Waals surface area contributed by atoms with E-state index in [1.807, 2.05) is 26.0 Å². The number of halogens is 1. The fraction of sp³-hybridized carbons (Fsp3) is 0.217. The van der Waals surface area contributed by atoms with Crippen LogP contribution < -0.4 is 20.9 Å². The van der Waals surface area contributed by atoms with Gasteiger partial charge in [0.2, 0.25) is 5.91 Å². The average Bonchev–Trinajstić information content (AvgIpc) is 3.21. The van der Waals surface area contributed by atoms with Crippen LogP contribution in [-0.2, 0) is 16.0 Å². The number of aromatic nitrogens is 1. The molecule has 3 aromatic rings. The lowest BCUT2D eigenvalue weighted by atomic mass is 10.1. The Balaban J connectivity index is 1.47. The third kappa shape index (κ3) is 6.36. The lowest BCUT2D eigenvalue weighted by Crippen LogP contribution is -2.47. The Morgan fingerprint density at radius 3 is 2.61 bits per heavy atom. The van der Waals surface area contributed by atoms with E-state index in [2.05, 4.69) is 21.2 Å². The molecule has 1 heterocycles. The van der Waals surface area contributed by atoms with E-state index in [9.17, 15) is 18.8 Å². The first-order valence-corrected chi connectivity index (χ1v) is 10.9. The van der Waals surface area contributed by atoms with Crippen LogP contribution in [0.5, 0.6) is 5.75 Å². The molecule has 3 N–H and O–H groups in total. The van der Waals surface area contributed by atoms with Crippen molar-refractivity contribution in [3.63, 3.8) is 0 Å². The first-order chi connectivity index (χ1) is 15.7. The standard InChI is InChI=1S/C23H23FN4O4S/c1-13-7-6-10-19(14(13)2)32-15(3)21(30)28-27-20(29)11-16-12-33-23(25-16)26-22(31)17-8-4-5-9-18(17)24/h4-10,12,15H,11H2,1-3H3,(H,27,29)(H,28,30)(H,25,26,31). The molecular formula is C23H23FN4O4S. The second-order valence-corrected chi connectivity index (χ2v) is 8.11. The molecule has 3 rings (SSSR count). The normalized spacial score (nSPS) is 11.4. The molecule has 33 heavy (non-hydrogen) atoms. The molecular weight excluding hydrogens is 447 g/mol. The van der Waals surface area contributed by atoms with Crippen molar-refractivity contribution in [2.75, 3.05) is 5.32 Å². The van der Waals surface area contributed by atoms with Crippen LogP contribution in [0.3, 0.4) is 0 Å². The van der Waals surface area contributed by atoms with Gasteiger partial charge in [-0.05, 0) is 50.1 Å². The summed E-state index contributed by atoms with van der Waals surface area (Å²) in [6.07, 6.45) is -0.955. The number of nitrogens with one attached hydrogen (secondary N) is 3. The maximum atomic E-state index is 13.7. The van der Waals surface area contributed by atoms with Crippen molar-refractivity contribution in [1.82, 2.24) is 15.8 Å². The summed E-state index contributed by atoms with van der Waals surface area (Å²) in [5.41, 5.74) is 6.90. The van der Waals surface area contributed by atoms with Crippen LogP contribution in [-0.4, -0.2) is 28.8 Å². The summed E-state index contributed by atoms with van der Waals surface area (Å²) >= 11 is 1.10. The highest BCUT2D eigenvalue weighted by Crippen LogP contribution is 2.22. The first-order valence-electron chi connectivity index (χ1n) is 10.1. The van der Waals surface area contributed by atoms with Crippen LogP contribution >= 0.6 is 11.3 Å². The highest BCUT2D eigenvalue weighted by molar-refractivity contribution is 7.14. The number of thiazole rings is 1. The molecule has 172 valence electrons. The van der Waals surface area contributed by atoms with Crippen molar-refractivity contribution < 1.29 is 23.5 Å². The number of hydrazine groups is 1. The van der Waals surface area contributed by atoms with E-state index in [1.165, 1.54) is 18.2 Å². The Kier molecular flexibility index (Phi) is 7.73. The topological polar surface area (TPSA) is 109 Å². The molecule has 0 aliphatic carbocycles. The zero-order valence-electron chi connectivity index (χ0n) is 18.3. The maximum Gasteiger partial charge on any atom is 0.279 e. The molecule has 0 spiro atoms. The van der Waals surface area contributed by atoms with Crippen molar-refractivity contribution in [3.8, 4) is 5.75 Å². The molecule has 1 atom stereocenters. The number of carbonyl (C=O) groups excluding carboxylic acids is 3. The van der Waals surface area contributed by atoms with Gasteiger partial charge in [-0.25, -0.2) is 9.37 Å². The monoisotopic (exact) mass is 470 g/mol. The molecule has 0 saturated heterocycles. The number of aryl methyl sites for hydroxylation is 1. The van der Waals surface area contributed by atoms with Gasteiger partial charge in [0.1, 0.15) is 11.6 Å². The number of amides is 3. The Morgan fingerprint density at radius 1 is 1.09 bits per heavy atom. The lowest BCUT2D eigenvalue weighted by molar-refractivity contribution is -0.132. The predicted molar refractivity (Wildman–Crippen MR) is 122 cm³/mol. The van der Waals surface area contributed by atoms with Crippen LogP contribution in [0, 0.1) is 19.7 Å². The second-order valence-electron chi connectivity index (χ2n) is 7.25. The third-order valence-corrected chi connectivity index (χ3v) is 5.59.